The van der Waals surface area contributed by atoms with E-state index in [9.17, 15) is 0 Å². The van der Waals surface area contributed by atoms with E-state index in [0.717, 1.165) is 13.2 Å². The first-order chi connectivity index (χ1) is 4.35. The second-order valence-electron chi connectivity index (χ2n) is 1.91. The molecular weight excluding hydrogens is 130 g/mol. The fraction of sp³-hybridized carbons (Fsp3) is 1.00. The van der Waals surface area contributed by atoms with E-state index < -0.39 is 9.20 Å². The highest BCUT2D eigenvalue weighted by molar-refractivity contribution is 6.48. The van der Waals surface area contributed by atoms with E-state index in [-0.39, 0.29) is 0 Å². The summed E-state index contributed by atoms with van der Waals surface area (Å²) in [5.41, 5.74) is 0. The van der Waals surface area contributed by atoms with Crippen molar-refractivity contribution in [1.82, 2.24) is 4.98 Å². The lowest BCUT2D eigenvalue weighted by Crippen LogP contribution is -2.35. The predicted molar refractivity (Wildman–Crippen MR) is 42.9 cm³/mol. The molecule has 0 radical (unpaired) electrons. The maximum Gasteiger partial charge on any atom is 0.251 e. The van der Waals surface area contributed by atoms with Gasteiger partial charge in [0.1, 0.15) is 0 Å². The third-order valence-corrected chi connectivity index (χ3v) is 3.51. The summed E-state index contributed by atoms with van der Waals surface area (Å²) in [7, 11) is -0.963. The van der Waals surface area contributed by atoms with Crippen LogP contribution in [-0.4, -0.2) is 22.4 Å². The second-order valence-corrected chi connectivity index (χ2v) is 4.45. The Kier molecular flexibility index (Phi) is 6.35. The topological polar surface area (TPSA) is 21.3 Å². The molecule has 0 fully saturated rings. The Bertz CT molecular complexity index is 55.0. The van der Waals surface area contributed by atoms with Gasteiger partial charge in [0.05, 0.1) is 0 Å². The minimum atomic E-state index is -0.963. The molecule has 9 heavy (non-hydrogen) atoms. The van der Waals surface area contributed by atoms with Crippen LogP contribution in [0.15, 0.2) is 0 Å². The first-order valence-electron chi connectivity index (χ1n) is 3.70. The second kappa shape index (κ2) is 6.26. The zero-order chi connectivity index (χ0) is 7.11. The number of hydrogen-bond acceptors (Lipinski definition) is 2. The van der Waals surface area contributed by atoms with Crippen molar-refractivity contribution in [3.05, 3.63) is 0 Å². The van der Waals surface area contributed by atoms with Crippen LogP contribution < -0.4 is 4.98 Å². The Balaban J connectivity index is 3.18. The van der Waals surface area contributed by atoms with Crippen molar-refractivity contribution >= 4 is 9.20 Å². The van der Waals surface area contributed by atoms with Crippen molar-refractivity contribution in [2.45, 2.75) is 26.8 Å². The quantitative estimate of drug-likeness (QED) is 0.583. The average molecular weight is 147 g/mol. The highest BCUT2D eigenvalue weighted by Gasteiger charge is 2.04. The molecule has 3 heteroatoms. The highest BCUT2D eigenvalue weighted by atomic mass is 28.3. The van der Waals surface area contributed by atoms with Gasteiger partial charge in [0.2, 0.25) is 0 Å². The van der Waals surface area contributed by atoms with Crippen molar-refractivity contribution in [2.75, 3.05) is 13.2 Å². The Morgan fingerprint density at radius 2 is 2.00 bits per heavy atom. The summed E-state index contributed by atoms with van der Waals surface area (Å²) >= 11 is 0. The molecule has 0 aromatic carbocycles. The summed E-state index contributed by atoms with van der Waals surface area (Å²) in [6.07, 6.45) is 0. The molecule has 1 atom stereocenters. The van der Waals surface area contributed by atoms with Crippen molar-refractivity contribution < 1.29 is 4.43 Å². The predicted octanol–water partition coefficient (Wildman–Crippen LogP) is 0.873. The molecule has 0 aliphatic heterocycles. The van der Waals surface area contributed by atoms with Gasteiger partial charge in [0, 0.05) is 6.61 Å². The SMILES string of the molecule is CCN[SiH](CC)OCC. The summed E-state index contributed by atoms with van der Waals surface area (Å²) in [4.78, 5) is 3.35. The summed E-state index contributed by atoms with van der Waals surface area (Å²) in [6, 6.07) is 1.18. The highest BCUT2D eigenvalue weighted by Crippen LogP contribution is 1.87. The average Bonchev–Trinajstić information content (AvgIpc) is 1.88. The van der Waals surface area contributed by atoms with Crippen LogP contribution in [-0.2, 0) is 4.43 Å². The van der Waals surface area contributed by atoms with Crippen molar-refractivity contribution in [3.63, 3.8) is 0 Å². The third kappa shape index (κ3) is 4.63. The van der Waals surface area contributed by atoms with Crippen LogP contribution in [0.3, 0.4) is 0 Å². The lowest BCUT2D eigenvalue weighted by atomic mass is 10.8. The minimum absolute atomic E-state index is 0.859. The molecule has 1 N–H and O–H groups in total. The molecule has 2 nitrogen and oxygen atoms in total. The molecule has 0 aliphatic rings. The van der Waals surface area contributed by atoms with E-state index in [1.54, 1.807) is 0 Å². The maximum atomic E-state index is 5.46. The zero-order valence-electron chi connectivity index (χ0n) is 6.61. The first-order valence-corrected chi connectivity index (χ1v) is 5.56. The Morgan fingerprint density at radius 1 is 1.33 bits per heavy atom. The molecule has 1 unspecified atom stereocenters. The Morgan fingerprint density at radius 3 is 2.33 bits per heavy atom. The van der Waals surface area contributed by atoms with Gasteiger partial charge in [-0.05, 0) is 19.5 Å². The maximum absolute atomic E-state index is 5.46. The molecule has 0 rings (SSSR count). The van der Waals surface area contributed by atoms with E-state index in [4.69, 9.17) is 4.43 Å². The number of hydrogen-bond donors (Lipinski definition) is 1. The van der Waals surface area contributed by atoms with Gasteiger partial charge in [-0.15, -0.1) is 0 Å². The summed E-state index contributed by atoms with van der Waals surface area (Å²) in [6.45, 7) is 8.25. The van der Waals surface area contributed by atoms with Gasteiger partial charge >= 0.3 is 0 Å². The van der Waals surface area contributed by atoms with E-state index in [1.807, 2.05) is 6.92 Å². The summed E-state index contributed by atoms with van der Waals surface area (Å²) < 4.78 is 5.46. The molecule has 0 aromatic rings. The van der Waals surface area contributed by atoms with Gasteiger partial charge in [-0.1, -0.05) is 13.8 Å². The van der Waals surface area contributed by atoms with Gasteiger partial charge in [-0.3, -0.25) is 0 Å². The van der Waals surface area contributed by atoms with Gasteiger partial charge < -0.3 is 9.41 Å². The summed E-state index contributed by atoms with van der Waals surface area (Å²) in [5.74, 6) is 0. The molecule has 56 valence electrons. The normalized spacial score (nSPS) is 13.7. The van der Waals surface area contributed by atoms with E-state index >= 15 is 0 Å². The minimum Gasteiger partial charge on any atom is -0.406 e. The first kappa shape index (κ1) is 9.14. The van der Waals surface area contributed by atoms with E-state index in [0.29, 0.717) is 0 Å². The Labute approximate surface area is 59.4 Å². The lowest BCUT2D eigenvalue weighted by Gasteiger charge is -2.12. The van der Waals surface area contributed by atoms with Crippen molar-refractivity contribution in [1.29, 1.82) is 0 Å². The standard InChI is InChI=1S/C6H17NOSi/c1-4-7-9(6-3)8-5-2/h7,9H,4-6H2,1-3H3. The fourth-order valence-corrected chi connectivity index (χ4v) is 2.25. The van der Waals surface area contributed by atoms with E-state index in [2.05, 4.69) is 18.8 Å². The van der Waals surface area contributed by atoms with Crippen LogP contribution in [0.4, 0.5) is 0 Å². The van der Waals surface area contributed by atoms with Crippen LogP contribution >= 0.6 is 0 Å². The van der Waals surface area contributed by atoms with Crippen LogP contribution in [0.2, 0.25) is 6.04 Å². The molecule has 0 spiro atoms. The van der Waals surface area contributed by atoms with Gasteiger partial charge in [0.25, 0.3) is 9.20 Å². The molecule has 0 heterocycles. The molecule has 0 amide bonds. The molecule has 0 saturated heterocycles. The van der Waals surface area contributed by atoms with Crippen molar-refractivity contribution in [2.24, 2.45) is 0 Å². The zero-order valence-corrected chi connectivity index (χ0v) is 7.76. The fourth-order valence-electron chi connectivity index (χ4n) is 0.750. The molecule has 0 bridgehead atoms. The number of nitrogens with one attached hydrogen (secondary N) is 1. The smallest absolute Gasteiger partial charge is 0.251 e. The van der Waals surface area contributed by atoms with Crippen LogP contribution in [0, 0.1) is 0 Å². The lowest BCUT2D eigenvalue weighted by molar-refractivity contribution is 0.334. The molecule has 0 aliphatic carbocycles. The van der Waals surface area contributed by atoms with Gasteiger partial charge in [-0.2, -0.15) is 0 Å². The Hall–Kier alpha value is 0.137. The van der Waals surface area contributed by atoms with Gasteiger partial charge in [-0.25, -0.2) is 0 Å². The third-order valence-electron chi connectivity index (χ3n) is 1.17. The number of rotatable bonds is 5. The van der Waals surface area contributed by atoms with Crippen LogP contribution in [0.25, 0.3) is 0 Å². The monoisotopic (exact) mass is 147 g/mol. The summed E-state index contributed by atoms with van der Waals surface area (Å²) in [5, 5.41) is 0. The van der Waals surface area contributed by atoms with Crippen LogP contribution in [0.5, 0.6) is 0 Å². The van der Waals surface area contributed by atoms with Crippen molar-refractivity contribution in [3.8, 4) is 0 Å². The molecule has 0 aromatic heterocycles. The van der Waals surface area contributed by atoms with Crippen LogP contribution in [0.1, 0.15) is 20.8 Å². The largest absolute Gasteiger partial charge is 0.406 e. The molecule has 0 saturated carbocycles. The van der Waals surface area contributed by atoms with Gasteiger partial charge in [0.15, 0.2) is 0 Å². The molecular formula is C6H17NOSi. The van der Waals surface area contributed by atoms with E-state index in [1.165, 1.54) is 6.04 Å².